The number of carbonyl (C=O) groups excluding carboxylic acids is 2. The molecule has 0 radical (unpaired) electrons. The highest BCUT2D eigenvalue weighted by molar-refractivity contribution is 5.83. The number of carbonyl (C=O) groups is 2. The van der Waals surface area contributed by atoms with Gasteiger partial charge in [-0.05, 0) is 12.8 Å². The highest BCUT2D eigenvalue weighted by Crippen LogP contribution is 2.18. The summed E-state index contributed by atoms with van der Waals surface area (Å²) in [6, 6.07) is 0. The maximum Gasteiger partial charge on any atom is 0.225 e. The molecule has 0 aromatic carbocycles. The average molecular weight is 349 g/mol. The van der Waals surface area contributed by atoms with Crippen LogP contribution in [0, 0.1) is 5.92 Å². The summed E-state index contributed by atoms with van der Waals surface area (Å²) in [5, 5.41) is 2.91. The van der Waals surface area contributed by atoms with Crippen molar-refractivity contribution in [1.82, 2.24) is 25.1 Å². The van der Waals surface area contributed by atoms with Gasteiger partial charge in [0.2, 0.25) is 11.8 Å². The third kappa shape index (κ3) is 5.27. The molecule has 1 aromatic heterocycles. The summed E-state index contributed by atoms with van der Waals surface area (Å²) in [6.07, 6.45) is 5.42. The Morgan fingerprint density at radius 2 is 2.20 bits per heavy atom. The molecule has 1 atom stereocenters. The summed E-state index contributed by atoms with van der Waals surface area (Å²) in [5.41, 5.74) is 0. The van der Waals surface area contributed by atoms with Crippen LogP contribution in [0.2, 0.25) is 0 Å². The number of amides is 2. The molecule has 1 aromatic rings. The number of rotatable bonds is 7. The van der Waals surface area contributed by atoms with Gasteiger partial charge in [0.1, 0.15) is 5.82 Å². The quantitative estimate of drug-likeness (QED) is 0.722. The van der Waals surface area contributed by atoms with E-state index >= 15 is 0 Å². The summed E-state index contributed by atoms with van der Waals surface area (Å²) in [6.45, 7) is 6.12. The fourth-order valence-corrected chi connectivity index (χ4v) is 3.36. The van der Waals surface area contributed by atoms with Gasteiger partial charge < -0.3 is 19.9 Å². The molecule has 1 unspecified atom stereocenters. The maximum absolute atomic E-state index is 12.4. The van der Waals surface area contributed by atoms with Gasteiger partial charge in [0.25, 0.3) is 0 Å². The van der Waals surface area contributed by atoms with E-state index in [1.807, 2.05) is 4.90 Å². The zero-order valence-corrected chi connectivity index (χ0v) is 14.6. The number of hydrogen-bond acceptors (Lipinski definition) is 5. The Balaban J connectivity index is 1.40. The Hall–Kier alpha value is -1.93. The predicted molar refractivity (Wildman–Crippen MR) is 91.6 cm³/mol. The molecule has 8 heteroatoms. The summed E-state index contributed by atoms with van der Waals surface area (Å²) in [4.78, 5) is 35.8. The van der Waals surface area contributed by atoms with Crippen molar-refractivity contribution in [3.05, 3.63) is 18.2 Å². The standard InChI is InChI=1S/C17H27N5O3/c23-16-3-2-14(17(24)20-12-15-18-4-5-19-15)13-22(16)7-1-6-21-8-10-25-11-9-21/h4-5,14H,1-3,6-13H2,(H,18,19)(H,20,24). The fourth-order valence-electron chi connectivity index (χ4n) is 3.36. The molecule has 138 valence electrons. The van der Waals surface area contributed by atoms with E-state index in [4.69, 9.17) is 4.74 Å². The van der Waals surface area contributed by atoms with Gasteiger partial charge in [0.15, 0.2) is 0 Å². The van der Waals surface area contributed by atoms with Crippen molar-refractivity contribution in [3.8, 4) is 0 Å². The van der Waals surface area contributed by atoms with Crippen LogP contribution in [0.3, 0.4) is 0 Å². The van der Waals surface area contributed by atoms with Crippen LogP contribution in [-0.4, -0.2) is 77.5 Å². The van der Waals surface area contributed by atoms with E-state index in [9.17, 15) is 9.59 Å². The van der Waals surface area contributed by atoms with Crippen LogP contribution < -0.4 is 5.32 Å². The van der Waals surface area contributed by atoms with E-state index in [1.165, 1.54) is 0 Å². The van der Waals surface area contributed by atoms with Gasteiger partial charge in [-0.3, -0.25) is 14.5 Å². The molecule has 3 heterocycles. The van der Waals surface area contributed by atoms with E-state index < -0.39 is 0 Å². The average Bonchev–Trinajstić information content (AvgIpc) is 3.16. The molecule has 0 aliphatic carbocycles. The number of hydrogen-bond donors (Lipinski definition) is 2. The van der Waals surface area contributed by atoms with Crippen LogP contribution in [0.25, 0.3) is 0 Å². The zero-order chi connectivity index (χ0) is 17.5. The van der Waals surface area contributed by atoms with Crippen molar-refractivity contribution < 1.29 is 14.3 Å². The number of aromatic amines is 1. The van der Waals surface area contributed by atoms with E-state index in [2.05, 4.69) is 20.2 Å². The maximum atomic E-state index is 12.4. The number of ether oxygens (including phenoxy) is 1. The van der Waals surface area contributed by atoms with Crippen molar-refractivity contribution in [2.45, 2.75) is 25.8 Å². The third-order valence-electron chi connectivity index (χ3n) is 4.86. The number of piperidine rings is 1. The van der Waals surface area contributed by atoms with Crippen LogP contribution >= 0.6 is 0 Å². The van der Waals surface area contributed by atoms with Crippen molar-refractivity contribution in [2.75, 3.05) is 45.9 Å². The van der Waals surface area contributed by atoms with Gasteiger partial charge >= 0.3 is 0 Å². The third-order valence-corrected chi connectivity index (χ3v) is 4.86. The van der Waals surface area contributed by atoms with Crippen molar-refractivity contribution in [3.63, 3.8) is 0 Å². The second-order valence-corrected chi connectivity index (χ2v) is 6.64. The minimum atomic E-state index is -0.129. The monoisotopic (exact) mass is 349 g/mol. The second-order valence-electron chi connectivity index (χ2n) is 6.64. The number of imidazole rings is 1. The lowest BCUT2D eigenvalue weighted by atomic mass is 9.96. The Morgan fingerprint density at radius 3 is 2.96 bits per heavy atom. The number of nitrogens with one attached hydrogen (secondary N) is 2. The Kier molecular flexibility index (Phi) is 6.41. The summed E-state index contributed by atoms with van der Waals surface area (Å²) >= 11 is 0. The van der Waals surface area contributed by atoms with Crippen LogP contribution in [-0.2, 0) is 20.9 Å². The lowest BCUT2D eigenvalue weighted by Gasteiger charge is -2.33. The number of morpholine rings is 1. The molecule has 3 rings (SSSR count). The normalized spacial score (nSPS) is 22.2. The predicted octanol–water partition coefficient (Wildman–Crippen LogP) is -0.0132. The highest BCUT2D eigenvalue weighted by atomic mass is 16.5. The molecule has 2 saturated heterocycles. The lowest BCUT2D eigenvalue weighted by Crippen LogP contribution is -2.46. The summed E-state index contributed by atoms with van der Waals surface area (Å²) in [5.74, 6) is 0.776. The molecule has 0 bridgehead atoms. The fraction of sp³-hybridized carbons (Fsp3) is 0.706. The number of H-pyrrole nitrogens is 1. The smallest absolute Gasteiger partial charge is 0.225 e. The van der Waals surface area contributed by atoms with Crippen LogP contribution in [0.1, 0.15) is 25.1 Å². The molecule has 2 aliphatic heterocycles. The molecule has 0 saturated carbocycles. The summed E-state index contributed by atoms with van der Waals surface area (Å²) < 4.78 is 5.35. The van der Waals surface area contributed by atoms with E-state index in [-0.39, 0.29) is 17.7 Å². The number of aromatic nitrogens is 2. The van der Waals surface area contributed by atoms with E-state index in [0.29, 0.717) is 25.9 Å². The number of nitrogens with zero attached hydrogens (tertiary/aromatic N) is 3. The van der Waals surface area contributed by atoms with Crippen molar-refractivity contribution in [1.29, 1.82) is 0 Å². The number of likely N-dealkylation sites (tertiary alicyclic amines) is 1. The molecule has 0 spiro atoms. The topological polar surface area (TPSA) is 90.6 Å². The molecular weight excluding hydrogens is 322 g/mol. The molecule has 8 nitrogen and oxygen atoms in total. The summed E-state index contributed by atoms with van der Waals surface area (Å²) in [7, 11) is 0. The zero-order valence-electron chi connectivity index (χ0n) is 14.6. The van der Waals surface area contributed by atoms with E-state index in [1.54, 1.807) is 12.4 Å². The van der Waals surface area contributed by atoms with Gasteiger partial charge in [-0.1, -0.05) is 0 Å². The van der Waals surface area contributed by atoms with Gasteiger partial charge in [0.05, 0.1) is 25.7 Å². The van der Waals surface area contributed by atoms with Gasteiger partial charge in [0, 0.05) is 51.5 Å². The Bertz CT molecular complexity index is 557. The first kappa shape index (κ1) is 17.9. The van der Waals surface area contributed by atoms with Crippen molar-refractivity contribution >= 4 is 11.8 Å². The highest BCUT2D eigenvalue weighted by Gasteiger charge is 2.30. The first-order valence-electron chi connectivity index (χ1n) is 9.06. The molecule has 2 N–H and O–H groups in total. The van der Waals surface area contributed by atoms with Crippen molar-refractivity contribution in [2.24, 2.45) is 5.92 Å². The molecular formula is C17H27N5O3. The second kappa shape index (κ2) is 8.96. The van der Waals surface area contributed by atoms with Crippen LogP contribution in [0.15, 0.2) is 12.4 Å². The minimum Gasteiger partial charge on any atom is -0.379 e. The minimum absolute atomic E-state index is 0.00193. The molecule has 25 heavy (non-hydrogen) atoms. The van der Waals surface area contributed by atoms with Crippen LogP contribution in [0.5, 0.6) is 0 Å². The van der Waals surface area contributed by atoms with E-state index in [0.717, 1.165) is 51.6 Å². The Morgan fingerprint density at radius 1 is 1.36 bits per heavy atom. The first-order chi connectivity index (χ1) is 12.2. The van der Waals surface area contributed by atoms with Crippen LogP contribution in [0.4, 0.5) is 0 Å². The van der Waals surface area contributed by atoms with Gasteiger partial charge in [-0.15, -0.1) is 0 Å². The lowest BCUT2D eigenvalue weighted by molar-refractivity contribution is -0.138. The molecule has 2 fully saturated rings. The van der Waals surface area contributed by atoms with Gasteiger partial charge in [-0.25, -0.2) is 4.98 Å². The SMILES string of the molecule is O=C(NCc1ncc[nH]1)C1CCC(=O)N(CCCN2CCOCC2)C1. The first-order valence-corrected chi connectivity index (χ1v) is 9.06. The Labute approximate surface area is 147 Å². The molecule has 2 aliphatic rings. The van der Waals surface area contributed by atoms with Gasteiger partial charge in [-0.2, -0.15) is 0 Å². The largest absolute Gasteiger partial charge is 0.379 e. The molecule has 2 amide bonds.